The van der Waals surface area contributed by atoms with Crippen LogP contribution in [0.1, 0.15) is 239 Å². The lowest BCUT2D eigenvalue weighted by Gasteiger charge is -2.18. The molecule has 0 radical (unpaired) electrons. The predicted molar refractivity (Wildman–Crippen MR) is 334 cm³/mol. The van der Waals surface area contributed by atoms with Gasteiger partial charge in [0.25, 0.3) is 0 Å². The first kappa shape index (κ1) is 71.8. The minimum atomic E-state index is -0.819. The van der Waals surface area contributed by atoms with E-state index in [-0.39, 0.29) is 44.0 Å². The van der Waals surface area contributed by atoms with E-state index in [1.807, 2.05) is 0 Å². The average Bonchev–Trinajstić information content (AvgIpc) is 3.43. The van der Waals surface area contributed by atoms with Gasteiger partial charge in [0.1, 0.15) is 13.2 Å². The summed E-state index contributed by atoms with van der Waals surface area (Å²) in [6, 6.07) is 0. The fourth-order valence-electron chi connectivity index (χ4n) is 7.70. The van der Waals surface area contributed by atoms with E-state index in [1.54, 1.807) is 0 Å². The molecule has 1 unspecified atom stereocenters. The molecule has 0 saturated carbocycles. The Morgan fingerprint density at radius 3 is 0.844 bits per heavy atom. The van der Waals surface area contributed by atoms with Gasteiger partial charge in [0.2, 0.25) is 0 Å². The van der Waals surface area contributed by atoms with Gasteiger partial charge in [-0.1, -0.05) is 262 Å². The van der Waals surface area contributed by atoms with Crippen molar-refractivity contribution in [2.75, 3.05) is 13.2 Å². The molecule has 0 fully saturated rings. The van der Waals surface area contributed by atoms with Gasteiger partial charge in [-0.25, -0.2) is 0 Å². The van der Waals surface area contributed by atoms with E-state index in [1.165, 1.54) is 38.5 Å². The average molecular weight is 1060 g/mol. The number of esters is 3. The van der Waals surface area contributed by atoms with Gasteiger partial charge in [0.05, 0.1) is 0 Å². The van der Waals surface area contributed by atoms with Crippen molar-refractivity contribution < 1.29 is 28.6 Å². The van der Waals surface area contributed by atoms with Crippen molar-refractivity contribution in [1.29, 1.82) is 0 Å². The molecule has 6 nitrogen and oxygen atoms in total. The van der Waals surface area contributed by atoms with Crippen molar-refractivity contribution in [3.8, 4) is 0 Å². The Morgan fingerprint density at radius 1 is 0.273 bits per heavy atom. The molecule has 1 atom stereocenters. The first-order valence-electron chi connectivity index (χ1n) is 30.6. The van der Waals surface area contributed by atoms with E-state index in [0.29, 0.717) is 12.8 Å². The number of unbranched alkanes of at least 4 members (excludes halogenated alkanes) is 14. The normalized spacial score (nSPS) is 13.3. The molecule has 0 bridgehead atoms. The molecule has 0 aliphatic rings. The maximum atomic E-state index is 12.9. The number of ether oxygens (including phenoxy) is 3. The Kier molecular flexibility index (Phi) is 59.0. The first-order valence-corrected chi connectivity index (χ1v) is 30.6. The fourth-order valence-corrected chi connectivity index (χ4v) is 7.70. The van der Waals surface area contributed by atoms with Gasteiger partial charge in [-0.05, 0) is 128 Å². The Hall–Kier alpha value is -5.23. The number of carbonyl (C=O) groups excluding carboxylic acids is 3. The van der Waals surface area contributed by atoms with Crippen LogP contribution in [0.3, 0.4) is 0 Å². The maximum Gasteiger partial charge on any atom is 0.306 e. The fraction of sp³-hybridized carbons (Fsp3) is 0.563. The first-order chi connectivity index (χ1) is 38.0. The molecular weight excluding hydrogens is 949 g/mol. The summed E-state index contributed by atoms with van der Waals surface area (Å²) in [6.45, 7) is 6.31. The van der Waals surface area contributed by atoms with Crippen LogP contribution in [0, 0.1) is 0 Å². The smallest absolute Gasteiger partial charge is 0.306 e. The molecule has 430 valence electrons. The summed E-state index contributed by atoms with van der Waals surface area (Å²) >= 11 is 0. The van der Waals surface area contributed by atoms with Crippen molar-refractivity contribution >= 4 is 17.9 Å². The third-order valence-corrected chi connectivity index (χ3v) is 12.2. The van der Waals surface area contributed by atoms with Crippen LogP contribution in [0.15, 0.2) is 170 Å². The van der Waals surface area contributed by atoms with Crippen molar-refractivity contribution in [3.05, 3.63) is 170 Å². The quantitative estimate of drug-likeness (QED) is 0.0261. The molecule has 0 heterocycles. The molecule has 0 aliphatic carbocycles. The van der Waals surface area contributed by atoms with Crippen molar-refractivity contribution in [3.63, 3.8) is 0 Å². The van der Waals surface area contributed by atoms with Gasteiger partial charge in [-0.3, -0.25) is 14.4 Å². The summed E-state index contributed by atoms with van der Waals surface area (Å²) in [4.78, 5) is 38.1. The third kappa shape index (κ3) is 61.5. The second-order valence-electron chi connectivity index (χ2n) is 19.5. The van der Waals surface area contributed by atoms with E-state index in [4.69, 9.17) is 14.2 Å². The predicted octanol–water partition coefficient (Wildman–Crippen LogP) is 21.1. The highest BCUT2D eigenvalue weighted by Gasteiger charge is 2.19. The maximum absolute atomic E-state index is 12.9. The number of hydrogen-bond acceptors (Lipinski definition) is 6. The molecule has 77 heavy (non-hydrogen) atoms. The SMILES string of the molecule is CC/C=C\C/C=C\C/C=C\C/C=C\C/C=C\C/C=C\C/C=C\C/C=C\C/C=C\CCCC(=O)OCC(COC(=O)CCCCCCCCCCC)OC(=O)CCCCCCC/C=C\C/C=C\C/C=C\C/C=C\C/C=C\CC. The molecule has 6 heteroatoms. The number of hydrogen-bond donors (Lipinski definition) is 0. The molecular formula is C71H110O6. The summed E-state index contributed by atoms with van der Waals surface area (Å²) in [7, 11) is 0. The van der Waals surface area contributed by atoms with Crippen molar-refractivity contribution in [1.82, 2.24) is 0 Å². The zero-order valence-corrected chi connectivity index (χ0v) is 49.1. The van der Waals surface area contributed by atoms with E-state index < -0.39 is 6.10 Å². The van der Waals surface area contributed by atoms with Crippen LogP contribution in [-0.4, -0.2) is 37.2 Å². The van der Waals surface area contributed by atoms with Crippen LogP contribution < -0.4 is 0 Å². The van der Waals surface area contributed by atoms with Gasteiger partial charge in [0, 0.05) is 19.3 Å². The van der Waals surface area contributed by atoms with Crippen LogP contribution in [-0.2, 0) is 28.6 Å². The minimum Gasteiger partial charge on any atom is -0.462 e. The van der Waals surface area contributed by atoms with Crippen LogP contribution in [0.4, 0.5) is 0 Å². The summed E-state index contributed by atoms with van der Waals surface area (Å²) in [5.74, 6) is -1.00. The number of carbonyl (C=O) groups is 3. The van der Waals surface area contributed by atoms with E-state index in [9.17, 15) is 14.4 Å². The molecule has 0 aromatic rings. The summed E-state index contributed by atoms with van der Waals surface area (Å²) in [5.41, 5.74) is 0. The molecule has 0 saturated heterocycles. The lowest BCUT2D eigenvalue weighted by Crippen LogP contribution is -2.30. The highest BCUT2D eigenvalue weighted by atomic mass is 16.6. The largest absolute Gasteiger partial charge is 0.462 e. The zero-order chi connectivity index (χ0) is 55.7. The summed E-state index contributed by atoms with van der Waals surface area (Å²) in [5, 5.41) is 0. The second kappa shape index (κ2) is 63.3. The molecule has 0 aromatic heterocycles. The van der Waals surface area contributed by atoms with Crippen LogP contribution in [0.25, 0.3) is 0 Å². The Balaban J connectivity index is 4.43. The van der Waals surface area contributed by atoms with Gasteiger partial charge in [0.15, 0.2) is 6.10 Å². The topological polar surface area (TPSA) is 78.9 Å². The van der Waals surface area contributed by atoms with E-state index in [2.05, 4.69) is 191 Å². The summed E-state index contributed by atoms with van der Waals surface area (Å²) in [6.07, 6.45) is 93.6. The lowest BCUT2D eigenvalue weighted by molar-refractivity contribution is -0.167. The molecule has 0 spiro atoms. The molecule has 0 rings (SSSR count). The van der Waals surface area contributed by atoms with Crippen LogP contribution >= 0.6 is 0 Å². The lowest BCUT2D eigenvalue weighted by atomic mass is 10.1. The van der Waals surface area contributed by atoms with Gasteiger partial charge >= 0.3 is 17.9 Å². The van der Waals surface area contributed by atoms with Gasteiger partial charge in [-0.15, -0.1) is 0 Å². The summed E-state index contributed by atoms with van der Waals surface area (Å²) < 4.78 is 16.8. The highest BCUT2D eigenvalue weighted by molar-refractivity contribution is 5.71. The zero-order valence-electron chi connectivity index (χ0n) is 49.1. The molecule has 0 amide bonds. The Bertz CT molecular complexity index is 1790. The van der Waals surface area contributed by atoms with Crippen molar-refractivity contribution in [2.45, 2.75) is 245 Å². The molecule has 0 aliphatic heterocycles. The molecule has 0 N–H and O–H groups in total. The minimum absolute atomic E-state index is 0.111. The Labute approximate surface area is 472 Å². The standard InChI is InChI=1S/C71H110O6/c1-4-7-10-13-16-19-21-23-25-27-29-31-32-33-34-35-36-37-38-40-41-43-45-47-49-52-55-58-61-64-70(73)76-67-68(66-75-69(72)63-60-57-54-51-18-15-12-9-6-3)77-71(74)65-62-59-56-53-50-48-46-44-42-39-30-28-26-24-22-20-17-14-11-8-5-2/h7-8,10-11,16-17,19-20,23-26,29-31,33-34,36-37,39-41,44-47,52,55,68H,4-6,9,12-15,18,21-22,27-28,32,35,38,42-43,48-51,53-54,56-67H2,1-3H3/b10-7-,11-8-,19-16-,20-17-,25-23-,26-24-,31-29-,34-33-,37-36-,39-30-,41-40-,46-44-,47-45-,55-52-. The van der Waals surface area contributed by atoms with Gasteiger partial charge in [-0.2, -0.15) is 0 Å². The molecule has 0 aromatic carbocycles. The van der Waals surface area contributed by atoms with E-state index in [0.717, 1.165) is 154 Å². The van der Waals surface area contributed by atoms with Gasteiger partial charge < -0.3 is 14.2 Å². The Morgan fingerprint density at radius 2 is 0.519 bits per heavy atom. The van der Waals surface area contributed by atoms with Crippen LogP contribution in [0.5, 0.6) is 0 Å². The van der Waals surface area contributed by atoms with Crippen molar-refractivity contribution in [2.24, 2.45) is 0 Å². The number of rotatable bonds is 53. The monoisotopic (exact) mass is 1060 g/mol. The second-order valence-corrected chi connectivity index (χ2v) is 19.5. The van der Waals surface area contributed by atoms with Crippen LogP contribution in [0.2, 0.25) is 0 Å². The van der Waals surface area contributed by atoms with E-state index >= 15 is 0 Å². The highest BCUT2D eigenvalue weighted by Crippen LogP contribution is 2.13. The third-order valence-electron chi connectivity index (χ3n) is 12.2. The number of allylic oxidation sites excluding steroid dienone is 28.